The van der Waals surface area contributed by atoms with Gasteiger partial charge in [0.25, 0.3) is 0 Å². The van der Waals surface area contributed by atoms with Crippen molar-refractivity contribution in [2.24, 2.45) is 11.8 Å². The van der Waals surface area contributed by atoms with Gasteiger partial charge in [-0.15, -0.1) is 11.3 Å². The van der Waals surface area contributed by atoms with Gasteiger partial charge in [0, 0.05) is 10.9 Å². The molecule has 1 nitrogen and oxygen atoms in total. The molecule has 0 amide bonds. The molecule has 0 aliphatic carbocycles. The minimum atomic E-state index is 0.497. The minimum Gasteiger partial charge on any atom is -0.309 e. The Morgan fingerprint density at radius 1 is 1.31 bits per heavy atom. The van der Waals surface area contributed by atoms with Crippen LogP contribution in [0.1, 0.15) is 45.0 Å². The van der Waals surface area contributed by atoms with E-state index in [1.807, 2.05) is 11.3 Å². The summed E-state index contributed by atoms with van der Waals surface area (Å²) in [6.07, 6.45) is 1.19. The molecule has 0 aliphatic rings. The lowest BCUT2D eigenvalue weighted by molar-refractivity contribution is 0.307. The SMILES string of the molecule is CCCNC(c1ccc(Br)s1)C(C)C(C)C. The largest absolute Gasteiger partial charge is 0.309 e. The first-order chi connectivity index (χ1) is 7.56. The highest BCUT2D eigenvalue weighted by Crippen LogP contribution is 2.34. The standard InChI is InChI=1S/C13H22BrNS/c1-5-8-15-13(10(4)9(2)3)11-6-7-12(14)16-11/h6-7,9-10,13,15H,5,8H2,1-4H3. The summed E-state index contributed by atoms with van der Waals surface area (Å²) < 4.78 is 1.22. The van der Waals surface area contributed by atoms with Crippen LogP contribution in [0.3, 0.4) is 0 Å². The van der Waals surface area contributed by atoms with Gasteiger partial charge >= 0.3 is 0 Å². The van der Waals surface area contributed by atoms with E-state index in [0.717, 1.165) is 6.54 Å². The lowest BCUT2D eigenvalue weighted by atomic mass is 9.89. The molecule has 2 unspecified atom stereocenters. The van der Waals surface area contributed by atoms with Gasteiger partial charge < -0.3 is 5.32 Å². The van der Waals surface area contributed by atoms with Crippen LogP contribution in [0.15, 0.2) is 15.9 Å². The summed E-state index contributed by atoms with van der Waals surface area (Å²) in [6, 6.07) is 4.88. The maximum atomic E-state index is 3.67. The van der Waals surface area contributed by atoms with Crippen LogP contribution >= 0.6 is 27.3 Å². The second kappa shape index (κ2) is 6.77. The number of rotatable bonds is 6. The van der Waals surface area contributed by atoms with E-state index in [2.05, 4.69) is 61.1 Å². The molecule has 0 saturated carbocycles. The molecule has 3 heteroatoms. The van der Waals surface area contributed by atoms with E-state index in [1.165, 1.54) is 15.1 Å². The van der Waals surface area contributed by atoms with Crippen molar-refractivity contribution >= 4 is 27.3 Å². The first kappa shape index (κ1) is 14.2. The molecular weight excluding hydrogens is 282 g/mol. The van der Waals surface area contributed by atoms with E-state index >= 15 is 0 Å². The zero-order valence-corrected chi connectivity index (χ0v) is 13.0. The van der Waals surface area contributed by atoms with Gasteiger partial charge in [-0.3, -0.25) is 0 Å². The fourth-order valence-electron chi connectivity index (χ4n) is 1.73. The van der Waals surface area contributed by atoms with Gasteiger partial charge in [0.05, 0.1) is 3.79 Å². The summed E-state index contributed by atoms with van der Waals surface area (Å²) >= 11 is 5.39. The first-order valence-corrected chi connectivity index (χ1v) is 7.65. The smallest absolute Gasteiger partial charge is 0.0701 e. The van der Waals surface area contributed by atoms with Crippen LogP contribution in [0.25, 0.3) is 0 Å². The maximum Gasteiger partial charge on any atom is 0.0701 e. The fourth-order valence-corrected chi connectivity index (χ4v) is 3.34. The van der Waals surface area contributed by atoms with Crippen molar-refractivity contribution in [3.63, 3.8) is 0 Å². The molecule has 92 valence electrons. The molecular formula is C13H22BrNS. The Labute approximate surface area is 112 Å². The highest BCUT2D eigenvalue weighted by atomic mass is 79.9. The van der Waals surface area contributed by atoms with Crippen LogP contribution in [-0.2, 0) is 0 Å². The van der Waals surface area contributed by atoms with E-state index in [9.17, 15) is 0 Å². The van der Waals surface area contributed by atoms with Gasteiger partial charge in [0.2, 0.25) is 0 Å². The summed E-state index contributed by atoms with van der Waals surface area (Å²) in [7, 11) is 0. The van der Waals surface area contributed by atoms with E-state index in [0.29, 0.717) is 17.9 Å². The van der Waals surface area contributed by atoms with Crippen molar-refractivity contribution in [3.05, 3.63) is 20.8 Å². The molecule has 0 fully saturated rings. The van der Waals surface area contributed by atoms with Gasteiger partial charge in [0.1, 0.15) is 0 Å². The molecule has 2 atom stereocenters. The molecule has 1 heterocycles. The van der Waals surface area contributed by atoms with Crippen LogP contribution in [0, 0.1) is 11.8 Å². The summed E-state index contributed by atoms with van der Waals surface area (Å²) in [5.74, 6) is 1.37. The predicted octanol–water partition coefficient (Wildman–Crippen LogP) is 4.84. The summed E-state index contributed by atoms with van der Waals surface area (Å²) in [5.41, 5.74) is 0. The number of hydrogen-bond acceptors (Lipinski definition) is 2. The lowest BCUT2D eigenvalue weighted by Gasteiger charge is -2.27. The average Bonchev–Trinajstić information content (AvgIpc) is 2.65. The van der Waals surface area contributed by atoms with Crippen molar-refractivity contribution < 1.29 is 0 Å². The Morgan fingerprint density at radius 3 is 2.44 bits per heavy atom. The Balaban J connectivity index is 2.78. The third kappa shape index (κ3) is 3.86. The van der Waals surface area contributed by atoms with E-state index in [-0.39, 0.29) is 0 Å². The van der Waals surface area contributed by atoms with Crippen LogP contribution in [-0.4, -0.2) is 6.54 Å². The number of halogens is 1. The zero-order chi connectivity index (χ0) is 12.1. The molecule has 0 saturated heterocycles. The van der Waals surface area contributed by atoms with Crippen molar-refractivity contribution in [1.82, 2.24) is 5.32 Å². The minimum absolute atomic E-state index is 0.497. The zero-order valence-electron chi connectivity index (χ0n) is 10.6. The molecule has 1 rings (SSSR count). The Hall–Kier alpha value is 0.140. The van der Waals surface area contributed by atoms with Crippen LogP contribution < -0.4 is 5.32 Å². The Kier molecular flexibility index (Phi) is 6.01. The van der Waals surface area contributed by atoms with E-state index < -0.39 is 0 Å². The molecule has 0 aliphatic heterocycles. The van der Waals surface area contributed by atoms with E-state index in [4.69, 9.17) is 0 Å². The molecule has 0 aromatic carbocycles. The number of thiophene rings is 1. The second-order valence-electron chi connectivity index (χ2n) is 4.68. The monoisotopic (exact) mass is 303 g/mol. The van der Waals surface area contributed by atoms with Crippen molar-refractivity contribution in [2.75, 3.05) is 6.54 Å². The number of hydrogen-bond donors (Lipinski definition) is 1. The third-order valence-corrected chi connectivity index (χ3v) is 4.80. The maximum absolute atomic E-state index is 3.67. The molecule has 1 aromatic rings. The molecule has 1 N–H and O–H groups in total. The Morgan fingerprint density at radius 2 is 2.00 bits per heavy atom. The van der Waals surface area contributed by atoms with Crippen LogP contribution in [0.4, 0.5) is 0 Å². The normalized spacial score (nSPS) is 15.4. The van der Waals surface area contributed by atoms with Gasteiger partial charge in [0.15, 0.2) is 0 Å². The molecule has 0 bridgehead atoms. The van der Waals surface area contributed by atoms with Gasteiger partial charge in [-0.25, -0.2) is 0 Å². The van der Waals surface area contributed by atoms with E-state index in [1.54, 1.807) is 0 Å². The quantitative estimate of drug-likeness (QED) is 0.792. The predicted molar refractivity (Wildman–Crippen MR) is 77.1 cm³/mol. The topological polar surface area (TPSA) is 12.0 Å². The van der Waals surface area contributed by atoms with Gasteiger partial charge in [-0.2, -0.15) is 0 Å². The van der Waals surface area contributed by atoms with Crippen molar-refractivity contribution in [3.8, 4) is 0 Å². The first-order valence-electron chi connectivity index (χ1n) is 6.04. The highest BCUT2D eigenvalue weighted by molar-refractivity contribution is 9.11. The summed E-state index contributed by atoms with van der Waals surface area (Å²) in [6.45, 7) is 10.2. The van der Waals surface area contributed by atoms with Crippen LogP contribution in [0.2, 0.25) is 0 Å². The summed E-state index contributed by atoms with van der Waals surface area (Å²) in [5, 5.41) is 3.67. The van der Waals surface area contributed by atoms with Gasteiger partial charge in [-0.05, 0) is 52.9 Å². The third-order valence-electron chi connectivity index (χ3n) is 3.09. The molecule has 0 radical (unpaired) electrons. The highest BCUT2D eigenvalue weighted by Gasteiger charge is 2.22. The lowest BCUT2D eigenvalue weighted by Crippen LogP contribution is -2.29. The Bertz CT molecular complexity index is 309. The van der Waals surface area contributed by atoms with Crippen LogP contribution in [0.5, 0.6) is 0 Å². The molecule has 16 heavy (non-hydrogen) atoms. The molecule has 1 aromatic heterocycles. The van der Waals surface area contributed by atoms with Crippen molar-refractivity contribution in [1.29, 1.82) is 0 Å². The number of nitrogens with one attached hydrogen (secondary N) is 1. The van der Waals surface area contributed by atoms with Crippen molar-refractivity contribution in [2.45, 2.75) is 40.2 Å². The molecule has 0 spiro atoms. The average molecular weight is 304 g/mol. The second-order valence-corrected chi connectivity index (χ2v) is 7.17. The van der Waals surface area contributed by atoms with Gasteiger partial charge in [-0.1, -0.05) is 27.7 Å². The fraction of sp³-hybridized carbons (Fsp3) is 0.692. The summed E-state index contributed by atoms with van der Waals surface area (Å²) in [4.78, 5) is 1.45.